The molecule has 0 spiro atoms. The molecule has 2 aromatic carbocycles. The van der Waals surface area contributed by atoms with Crippen molar-refractivity contribution in [2.24, 2.45) is 0 Å². The monoisotopic (exact) mass is 343 g/mol. The summed E-state index contributed by atoms with van der Waals surface area (Å²) < 4.78 is 3.39. The van der Waals surface area contributed by atoms with Crippen LogP contribution >= 0.6 is 28.1 Å². The smallest absolute Gasteiger partial charge is 0.182 e. The minimum Gasteiger partial charge on any atom is -0.330 e. The van der Waals surface area contributed by atoms with Crippen molar-refractivity contribution in [3.05, 3.63) is 56.8 Å². The number of rotatable bonds is 1. The van der Waals surface area contributed by atoms with Crippen LogP contribution in [0, 0.1) is 23.0 Å². The number of hydrogen-bond acceptors (Lipinski definition) is 2. The Bertz CT molecular complexity index is 915. The number of benzene rings is 2. The Morgan fingerprint density at radius 1 is 1.25 bits per heavy atom. The number of halogens is 1. The van der Waals surface area contributed by atoms with Crippen molar-refractivity contribution in [2.45, 2.75) is 6.92 Å². The molecule has 98 valence electrons. The predicted octanol–water partition coefficient (Wildman–Crippen LogP) is 4.63. The van der Waals surface area contributed by atoms with Gasteiger partial charge >= 0.3 is 0 Å². The summed E-state index contributed by atoms with van der Waals surface area (Å²) in [6, 6.07) is 13.8. The Labute approximate surface area is 129 Å². The lowest BCUT2D eigenvalue weighted by Crippen LogP contribution is -1.97. The summed E-state index contributed by atoms with van der Waals surface area (Å²) in [5.41, 5.74) is 4.47. The van der Waals surface area contributed by atoms with Gasteiger partial charge < -0.3 is 4.98 Å². The zero-order valence-electron chi connectivity index (χ0n) is 10.6. The Morgan fingerprint density at radius 2 is 2.05 bits per heavy atom. The highest BCUT2D eigenvalue weighted by molar-refractivity contribution is 9.10. The van der Waals surface area contributed by atoms with Gasteiger partial charge in [-0.25, -0.2) is 0 Å². The molecule has 1 aromatic heterocycles. The van der Waals surface area contributed by atoms with Crippen LogP contribution in [0.5, 0.6) is 0 Å². The third-order valence-corrected chi connectivity index (χ3v) is 3.94. The molecule has 0 fully saturated rings. The third kappa shape index (κ3) is 2.07. The quantitative estimate of drug-likeness (QED) is 0.654. The molecule has 0 radical (unpaired) electrons. The summed E-state index contributed by atoms with van der Waals surface area (Å²) in [7, 11) is 0. The molecule has 0 aliphatic heterocycles. The Morgan fingerprint density at radius 3 is 2.80 bits per heavy atom. The van der Waals surface area contributed by atoms with Crippen molar-refractivity contribution in [2.75, 3.05) is 0 Å². The van der Waals surface area contributed by atoms with Gasteiger partial charge in [-0.15, -0.1) is 0 Å². The van der Waals surface area contributed by atoms with Gasteiger partial charge in [0.15, 0.2) is 4.77 Å². The number of H-pyrrole nitrogens is 1. The molecule has 0 amide bonds. The topological polar surface area (TPSA) is 44.5 Å². The summed E-state index contributed by atoms with van der Waals surface area (Å²) in [4.78, 5) is 3.19. The fourth-order valence-electron chi connectivity index (χ4n) is 2.25. The molecule has 0 saturated heterocycles. The lowest BCUT2D eigenvalue weighted by atomic mass is 10.2. The zero-order valence-corrected chi connectivity index (χ0v) is 13.0. The number of nitrogens with zero attached hydrogens (tertiary/aromatic N) is 2. The molecule has 0 bridgehead atoms. The van der Waals surface area contributed by atoms with Crippen molar-refractivity contribution in [1.29, 1.82) is 5.26 Å². The first-order valence-corrected chi connectivity index (χ1v) is 7.21. The van der Waals surface area contributed by atoms with E-state index in [0.717, 1.165) is 26.8 Å². The average Bonchev–Trinajstić information content (AvgIpc) is 2.73. The third-order valence-electron chi connectivity index (χ3n) is 3.16. The SMILES string of the molecule is Cc1ccc2c(c1)[nH]c(=S)n2-c1cc(Br)ccc1C#N. The van der Waals surface area contributed by atoms with Crippen LogP contribution in [0.15, 0.2) is 40.9 Å². The van der Waals surface area contributed by atoms with Gasteiger partial charge in [-0.2, -0.15) is 5.26 Å². The summed E-state index contributed by atoms with van der Waals surface area (Å²) in [5.74, 6) is 0. The lowest BCUT2D eigenvalue weighted by Gasteiger charge is -2.07. The molecule has 5 heteroatoms. The molecule has 1 N–H and O–H groups in total. The maximum Gasteiger partial charge on any atom is 0.182 e. The van der Waals surface area contributed by atoms with Crippen molar-refractivity contribution < 1.29 is 0 Å². The van der Waals surface area contributed by atoms with Crippen LogP contribution in [0.1, 0.15) is 11.1 Å². The number of aromatic amines is 1. The van der Waals surface area contributed by atoms with Gasteiger partial charge in [0.2, 0.25) is 0 Å². The average molecular weight is 344 g/mol. The van der Waals surface area contributed by atoms with E-state index in [9.17, 15) is 5.26 Å². The van der Waals surface area contributed by atoms with Crippen LogP contribution in [0.2, 0.25) is 0 Å². The van der Waals surface area contributed by atoms with Crippen LogP contribution in [0.4, 0.5) is 0 Å². The second-order valence-corrected chi connectivity index (χ2v) is 5.86. The molecule has 0 aliphatic carbocycles. The van der Waals surface area contributed by atoms with Crippen LogP contribution in [0.3, 0.4) is 0 Å². The van der Waals surface area contributed by atoms with Crippen molar-refractivity contribution in [1.82, 2.24) is 9.55 Å². The number of fused-ring (bicyclic) bond motifs is 1. The lowest BCUT2D eigenvalue weighted by molar-refractivity contribution is 1.06. The molecular weight excluding hydrogens is 334 g/mol. The minimum absolute atomic E-state index is 0.584. The first-order valence-electron chi connectivity index (χ1n) is 6.01. The van der Waals surface area contributed by atoms with Crippen molar-refractivity contribution in [3.63, 3.8) is 0 Å². The van der Waals surface area contributed by atoms with E-state index in [1.54, 1.807) is 6.07 Å². The summed E-state index contributed by atoms with van der Waals surface area (Å²) >= 11 is 8.86. The number of aromatic nitrogens is 2. The Hall–Kier alpha value is -1.90. The largest absolute Gasteiger partial charge is 0.330 e. The van der Waals surface area contributed by atoms with Crippen molar-refractivity contribution in [3.8, 4) is 11.8 Å². The second kappa shape index (κ2) is 4.89. The number of nitrogens with one attached hydrogen (secondary N) is 1. The maximum absolute atomic E-state index is 9.29. The van der Waals surface area contributed by atoms with Gasteiger partial charge in [0.05, 0.1) is 22.3 Å². The van der Waals surface area contributed by atoms with E-state index in [2.05, 4.69) is 27.0 Å². The normalized spacial score (nSPS) is 10.7. The van der Waals surface area contributed by atoms with E-state index >= 15 is 0 Å². The van der Waals surface area contributed by atoms with E-state index in [-0.39, 0.29) is 0 Å². The molecule has 3 nitrogen and oxygen atoms in total. The fraction of sp³-hybridized carbons (Fsp3) is 0.0667. The Balaban J connectivity index is 2.41. The number of nitriles is 1. The Kier molecular flexibility index (Phi) is 3.20. The summed E-state index contributed by atoms with van der Waals surface area (Å²) in [6.07, 6.45) is 0. The molecular formula is C15H10BrN3S. The summed E-state index contributed by atoms with van der Waals surface area (Å²) in [5, 5.41) is 9.29. The van der Waals surface area contributed by atoms with Crippen LogP contribution in [-0.2, 0) is 0 Å². The van der Waals surface area contributed by atoms with E-state index in [4.69, 9.17) is 12.2 Å². The molecule has 0 atom stereocenters. The number of hydrogen-bond donors (Lipinski definition) is 1. The first-order chi connectivity index (χ1) is 9.60. The van der Waals surface area contributed by atoms with Gasteiger partial charge in [-0.1, -0.05) is 22.0 Å². The summed E-state index contributed by atoms with van der Waals surface area (Å²) in [6.45, 7) is 2.04. The second-order valence-electron chi connectivity index (χ2n) is 4.56. The number of imidazole rings is 1. The first kappa shape index (κ1) is 13.1. The van der Waals surface area contributed by atoms with Gasteiger partial charge in [0.1, 0.15) is 6.07 Å². The standard InChI is InChI=1S/C15H10BrN3S/c1-9-2-5-13-12(6-9)18-15(20)19(13)14-7-11(16)4-3-10(14)8-17/h2-7H,1H3,(H,18,20). The highest BCUT2D eigenvalue weighted by atomic mass is 79.9. The molecule has 0 aliphatic rings. The molecule has 3 aromatic rings. The number of aryl methyl sites for hydroxylation is 1. The van der Waals surface area contributed by atoms with Crippen LogP contribution < -0.4 is 0 Å². The highest BCUT2D eigenvalue weighted by Crippen LogP contribution is 2.25. The van der Waals surface area contributed by atoms with Crippen LogP contribution in [0.25, 0.3) is 16.7 Å². The molecule has 3 rings (SSSR count). The maximum atomic E-state index is 9.29. The van der Waals surface area contributed by atoms with Crippen LogP contribution in [-0.4, -0.2) is 9.55 Å². The molecule has 20 heavy (non-hydrogen) atoms. The van der Waals surface area contributed by atoms with E-state index in [1.807, 2.05) is 41.8 Å². The van der Waals surface area contributed by atoms with E-state index in [1.165, 1.54) is 0 Å². The van der Waals surface area contributed by atoms with Gasteiger partial charge in [0, 0.05) is 4.47 Å². The van der Waals surface area contributed by atoms with Gasteiger partial charge in [-0.05, 0) is 55.0 Å². The van der Waals surface area contributed by atoms with Gasteiger partial charge in [-0.3, -0.25) is 4.57 Å². The molecule has 1 heterocycles. The van der Waals surface area contributed by atoms with Gasteiger partial charge in [0.25, 0.3) is 0 Å². The van der Waals surface area contributed by atoms with E-state index < -0.39 is 0 Å². The molecule has 0 unspecified atom stereocenters. The minimum atomic E-state index is 0.584. The fourth-order valence-corrected chi connectivity index (χ4v) is 2.90. The predicted molar refractivity (Wildman–Crippen MR) is 85.6 cm³/mol. The zero-order chi connectivity index (χ0) is 14.3. The van der Waals surface area contributed by atoms with E-state index in [0.29, 0.717) is 10.3 Å². The highest BCUT2D eigenvalue weighted by Gasteiger charge is 2.11. The van der Waals surface area contributed by atoms with Crippen molar-refractivity contribution >= 4 is 39.2 Å². The molecule has 0 saturated carbocycles.